The van der Waals surface area contributed by atoms with Gasteiger partial charge in [0.15, 0.2) is 0 Å². The van der Waals surface area contributed by atoms with E-state index < -0.39 is 0 Å². The van der Waals surface area contributed by atoms with E-state index in [1.54, 1.807) is 0 Å². The van der Waals surface area contributed by atoms with E-state index >= 15 is 0 Å². The zero-order chi connectivity index (χ0) is 15.1. The van der Waals surface area contributed by atoms with Crippen LogP contribution in [0.4, 0.5) is 0 Å². The Kier molecular flexibility index (Phi) is 6.93. The number of morpholine rings is 1. The minimum atomic E-state index is 0.262. The zero-order valence-corrected chi connectivity index (χ0v) is 13.9. The summed E-state index contributed by atoms with van der Waals surface area (Å²) in [5.41, 5.74) is 0.262. The number of rotatable bonds is 8. The molecular formula is C17H34N2O2. The molecule has 2 fully saturated rings. The lowest BCUT2D eigenvalue weighted by Crippen LogP contribution is -2.52. The first kappa shape index (κ1) is 17.2. The lowest BCUT2D eigenvalue weighted by atomic mass is 9.79. The number of hydrogen-bond donors (Lipinski definition) is 3. The minimum absolute atomic E-state index is 0.262. The third-order valence-corrected chi connectivity index (χ3v) is 5.92. The first-order valence-electron chi connectivity index (χ1n) is 8.90. The quantitative estimate of drug-likeness (QED) is 0.641. The smallest absolute Gasteiger partial charge is 0.0623 e. The van der Waals surface area contributed by atoms with E-state index in [0.29, 0.717) is 24.6 Å². The number of ether oxygens (including phenoxy) is 1. The molecule has 124 valence electrons. The maximum Gasteiger partial charge on any atom is 0.0623 e. The van der Waals surface area contributed by atoms with Crippen LogP contribution >= 0.6 is 0 Å². The summed E-state index contributed by atoms with van der Waals surface area (Å²) >= 11 is 0. The van der Waals surface area contributed by atoms with Gasteiger partial charge in [-0.2, -0.15) is 0 Å². The monoisotopic (exact) mass is 298 g/mol. The highest BCUT2D eigenvalue weighted by molar-refractivity contribution is 4.93. The molecule has 0 amide bonds. The molecular weight excluding hydrogens is 264 g/mol. The minimum Gasteiger partial charge on any atom is -0.396 e. The highest BCUT2D eigenvalue weighted by atomic mass is 16.5. The zero-order valence-electron chi connectivity index (χ0n) is 13.9. The number of hydrogen-bond acceptors (Lipinski definition) is 4. The van der Waals surface area contributed by atoms with Crippen molar-refractivity contribution in [3.8, 4) is 0 Å². The molecule has 4 heteroatoms. The molecule has 2 aliphatic rings. The van der Waals surface area contributed by atoms with Crippen molar-refractivity contribution >= 4 is 0 Å². The topological polar surface area (TPSA) is 53.5 Å². The van der Waals surface area contributed by atoms with Crippen LogP contribution in [0.5, 0.6) is 0 Å². The van der Waals surface area contributed by atoms with Crippen LogP contribution in [0.3, 0.4) is 0 Å². The van der Waals surface area contributed by atoms with Gasteiger partial charge in [0.2, 0.25) is 0 Å². The molecule has 1 aliphatic carbocycles. The Balaban J connectivity index is 1.88. The highest BCUT2D eigenvalue weighted by Crippen LogP contribution is 2.33. The lowest BCUT2D eigenvalue weighted by molar-refractivity contribution is 0.0509. The molecule has 21 heavy (non-hydrogen) atoms. The maximum absolute atomic E-state index is 9.36. The van der Waals surface area contributed by atoms with Gasteiger partial charge >= 0.3 is 0 Å². The summed E-state index contributed by atoms with van der Waals surface area (Å²) in [6.07, 6.45) is 7.11. The van der Waals surface area contributed by atoms with Crippen molar-refractivity contribution < 1.29 is 9.84 Å². The normalized spacial score (nSPS) is 30.7. The Morgan fingerprint density at radius 2 is 2.10 bits per heavy atom. The predicted molar refractivity (Wildman–Crippen MR) is 86.5 cm³/mol. The summed E-state index contributed by atoms with van der Waals surface area (Å²) in [5, 5.41) is 16.8. The third kappa shape index (κ3) is 4.41. The first-order valence-corrected chi connectivity index (χ1v) is 8.90. The van der Waals surface area contributed by atoms with E-state index in [1.165, 1.54) is 19.3 Å². The van der Waals surface area contributed by atoms with Gasteiger partial charge in [-0.3, -0.25) is 0 Å². The van der Waals surface area contributed by atoms with E-state index in [2.05, 4.69) is 24.5 Å². The fraction of sp³-hybridized carbons (Fsp3) is 1.00. The standard InChI is InChI=1S/C17H34N2O2/c1-3-17(4-2,8-10-20)13-19-15-7-5-6-14(15)16-12-21-11-9-18-16/h14-16,18-20H,3-13H2,1-2H3. The Labute approximate surface area is 130 Å². The number of aliphatic hydroxyl groups excluding tert-OH is 1. The van der Waals surface area contributed by atoms with Crippen LogP contribution in [-0.2, 0) is 4.74 Å². The summed E-state index contributed by atoms with van der Waals surface area (Å²) in [5.74, 6) is 0.700. The molecule has 1 saturated heterocycles. The van der Waals surface area contributed by atoms with Crippen molar-refractivity contribution in [1.29, 1.82) is 0 Å². The van der Waals surface area contributed by atoms with Crippen molar-refractivity contribution in [3.05, 3.63) is 0 Å². The van der Waals surface area contributed by atoms with E-state index in [-0.39, 0.29) is 5.41 Å². The van der Waals surface area contributed by atoms with Crippen LogP contribution in [0.2, 0.25) is 0 Å². The summed E-state index contributed by atoms with van der Waals surface area (Å²) in [6, 6.07) is 1.13. The van der Waals surface area contributed by atoms with Gasteiger partial charge in [0, 0.05) is 31.8 Å². The van der Waals surface area contributed by atoms with Crippen molar-refractivity contribution in [2.24, 2.45) is 11.3 Å². The average Bonchev–Trinajstić information content (AvgIpc) is 3.01. The average molecular weight is 298 g/mol. The second-order valence-corrected chi connectivity index (χ2v) is 6.90. The highest BCUT2D eigenvalue weighted by Gasteiger charge is 2.36. The Morgan fingerprint density at radius 1 is 1.29 bits per heavy atom. The Bertz CT molecular complexity index is 289. The molecule has 0 aromatic rings. The molecule has 0 spiro atoms. The molecule has 2 rings (SSSR count). The number of aliphatic hydroxyl groups is 1. The van der Waals surface area contributed by atoms with Crippen LogP contribution in [0.1, 0.15) is 52.4 Å². The maximum atomic E-state index is 9.36. The number of nitrogens with one attached hydrogen (secondary N) is 2. The van der Waals surface area contributed by atoms with Crippen LogP contribution in [0.15, 0.2) is 0 Å². The van der Waals surface area contributed by atoms with Gasteiger partial charge in [-0.25, -0.2) is 0 Å². The second-order valence-electron chi connectivity index (χ2n) is 6.90. The van der Waals surface area contributed by atoms with Gasteiger partial charge in [0.05, 0.1) is 13.2 Å². The van der Waals surface area contributed by atoms with Crippen LogP contribution in [-0.4, -0.2) is 50.1 Å². The van der Waals surface area contributed by atoms with Gasteiger partial charge in [0.1, 0.15) is 0 Å². The largest absolute Gasteiger partial charge is 0.396 e. The van der Waals surface area contributed by atoms with E-state index in [1.807, 2.05) is 0 Å². The SMILES string of the molecule is CCC(CC)(CCO)CNC1CCCC1C1COCCN1. The Hall–Kier alpha value is -0.160. The van der Waals surface area contributed by atoms with Gasteiger partial charge in [0.25, 0.3) is 0 Å². The fourth-order valence-electron chi connectivity index (χ4n) is 4.11. The van der Waals surface area contributed by atoms with Crippen molar-refractivity contribution in [2.75, 3.05) is 32.9 Å². The third-order valence-electron chi connectivity index (χ3n) is 5.92. The summed E-state index contributed by atoms with van der Waals surface area (Å²) in [6.45, 7) is 8.56. The molecule has 1 saturated carbocycles. The van der Waals surface area contributed by atoms with E-state index in [0.717, 1.165) is 45.6 Å². The Morgan fingerprint density at radius 3 is 2.71 bits per heavy atom. The first-order chi connectivity index (χ1) is 10.2. The van der Waals surface area contributed by atoms with Gasteiger partial charge in [-0.15, -0.1) is 0 Å². The van der Waals surface area contributed by atoms with Crippen molar-refractivity contribution in [3.63, 3.8) is 0 Å². The van der Waals surface area contributed by atoms with Gasteiger partial charge in [-0.1, -0.05) is 20.3 Å². The molecule has 3 unspecified atom stereocenters. The van der Waals surface area contributed by atoms with Crippen molar-refractivity contribution in [2.45, 2.75) is 64.5 Å². The molecule has 0 radical (unpaired) electrons. The van der Waals surface area contributed by atoms with Gasteiger partial charge in [-0.05, 0) is 43.4 Å². The van der Waals surface area contributed by atoms with E-state index in [4.69, 9.17) is 4.74 Å². The second kappa shape index (κ2) is 8.47. The lowest BCUT2D eigenvalue weighted by Gasteiger charge is -2.37. The predicted octanol–water partition coefficient (Wildman–Crippen LogP) is 1.92. The van der Waals surface area contributed by atoms with Gasteiger partial charge < -0.3 is 20.5 Å². The molecule has 3 atom stereocenters. The summed E-state index contributed by atoms with van der Waals surface area (Å²) < 4.78 is 5.65. The van der Waals surface area contributed by atoms with Crippen LogP contribution in [0, 0.1) is 11.3 Å². The van der Waals surface area contributed by atoms with Crippen LogP contribution < -0.4 is 10.6 Å². The molecule has 3 N–H and O–H groups in total. The molecule has 1 aliphatic heterocycles. The molecule has 4 nitrogen and oxygen atoms in total. The van der Waals surface area contributed by atoms with Crippen molar-refractivity contribution in [1.82, 2.24) is 10.6 Å². The molecule has 0 bridgehead atoms. The molecule has 0 aromatic carbocycles. The summed E-state index contributed by atoms with van der Waals surface area (Å²) in [7, 11) is 0. The molecule has 0 aromatic heterocycles. The summed E-state index contributed by atoms with van der Waals surface area (Å²) in [4.78, 5) is 0. The van der Waals surface area contributed by atoms with E-state index in [9.17, 15) is 5.11 Å². The van der Waals surface area contributed by atoms with Crippen LogP contribution in [0.25, 0.3) is 0 Å². The fourth-order valence-corrected chi connectivity index (χ4v) is 4.11. The molecule has 1 heterocycles.